The van der Waals surface area contributed by atoms with E-state index in [1.54, 1.807) is 4.90 Å². The molecule has 2 fully saturated rings. The highest BCUT2D eigenvalue weighted by Crippen LogP contribution is 2.20. The molecule has 0 aliphatic carbocycles. The Hall–Kier alpha value is -2.54. The molecule has 182 valence electrons. The third-order valence-electron chi connectivity index (χ3n) is 6.01. The number of nitrogens with one attached hydrogen (secondary N) is 1. The van der Waals surface area contributed by atoms with Gasteiger partial charge < -0.3 is 24.6 Å². The minimum absolute atomic E-state index is 0.0778. The fourth-order valence-electron chi connectivity index (χ4n) is 4.28. The second-order valence-corrected chi connectivity index (χ2v) is 10.4. The lowest BCUT2D eigenvalue weighted by atomic mass is 10.0. The van der Waals surface area contributed by atoms with Gasteiger partial charge in [0.25, 0.3) is 5.91 Å². The second kappa shape index (κ2) is 10.6. The van der Waals surface area contributed by atoms with Crippen molar-refractivity contribution in [3.8, 4) is 0 Å². The van der Waals surface area contributed by atoms with E-state index in [0.29, 0.717) is 31.1 Å². The highest BCUT2D eigenvalue weighted by Gasteiger charge is 2.33. The summed E-state index contributed by atoms with van der Waals surface area (Å²) in [5.41, 5.74) is 1.10. The zero-order chi connectivity index (χ0) is 24.2. The van der Waals surface area contributed by atoms with Crippen LogP contribution in [0.15, 0.2) is 12.1 Å². The summed E-state index contributed by atoms with van der Waals surface area (Å²) in [6.45, 7) is 15.2. The van der Waals surface area contributed by atoms with Crippen molar-refractivity contribution in [1.82, 2.24) is 15.1 Å². The molecule has 33 heavy (non-hydrogen) atoms. The Kier molecular flexibility index (Phi) is 8.05. The highest BCUT2D eigenvalue weighted by atomic mass is 16.6. The Balaban J connectivity index is 1.58. The fourth-order valence-corrected chi connectivity index (χ4v) is 4.28. The Bertz CT molecular complexity index is 957. The summed E-state index contributed by atoms with van der Waals surface area (Å²) in [7, 11) is 2.01. The largest absolute Gasteiger partial charge is 0.444 e. The number of rotatable bonds is 6. The number of ether oxygens (including phenoxy) is 2. The first kappa shape index (κ1) is 25.1. The zero-order valence-electron chi connectivity index (χ0n) is 20.8. The van der Waals surface area contributed by atoms with Crippen molar-refractivity contribution in [2.75, 3.05) is 39.8 Å². The fraction of sp³-hybridized carbons (Fsp3) is 0.615. The number of carbonyl (C=O) groups excluding carboxylic acids is 2. The molecule has 1 aromatic carbocycles. The van der Waals surface area contributed by atoms with Crippen LogP contribution in [0.2, 0.25) is 0 Å². The SMILES string of the molecule is C=c1cc(C)c(C(=O)NCC2CCCCO2)c/c1=C/N(C)CC1CN(C(=O)OC(C)(C)C)C1. The van der Waals surface area contributed by atoms with Crippen LogP contribution in [0.3, 0.4) is 0 Å². The number of amides is 2. The summed E-state index contributed by atoms with van der Waals surface area (Å²) in [6, 6.07) is 3.87. The summed E-state index contributed by atoms with van der Waals surface area (Å²) in [5, 5.41) is 4.84. The number of hydrogen-bond acceptors (Lipinski definition) is 5. The molecule has 0 radical (unpaired) electrons. The predicted molar refractivity (Wildman–Crippen MR) is 130 cm³/mol. The number of hydrogen-bond donors (Lipinski definition) is 1. The minimum atomic E-state index is -0.476. The first-order valence-electron chi connectivity index (χ1n) is 11.9. The van der Waals surface area contributed by atoms with Gasteiger partial charge in [-0.2, -0.15) is 0 Å². The normalized spacial score (nSPS) is 19.7. The molecule has 0 aromatic heterocycles. The molecule has 0 saturated carbocycles. The van der Waals surface area contributed by atoms with Crippen molar-refractivity contribution in [2.45, 2.75) is 58.7 Å². The Morgan fingerprint density at radius 3 is 2.67 bits per heavy atom. The van der Waals surface area contributed by atoms with Gasteiger partial charge in [0.15, 0.2) is 0 Å². The topological polar surface area (TPSA) is 71.1 Å². The third kappa shape index (κ3) is 7.22. The van der Waals surface area contributed by atoms with Crippen LogP contribution < -0.4 is 15.8 Å². The quantitative estimate of drug-likeness (QED) is 0.710. The van der Waals surface area contributed by atoms with Crippen molar-refractivity contribution >= 4 is 24.8 Å². The molecule has 1 aromatic rings. The summed E-state index contributed by atoms with van der Waals surface area (Å²) >= 11 is 0. The second-order valence-electron chi connectivity index (χ2n) is 10.4. The van der Waals surface area contributed by atoms with E-state index in [1.165, 1.54) is 0 Å². The van der Waals surface area contributed by atoms with Gasteiger partial charge in [0, 0.05) is 57.5 Å². The average molecular weight is 458 g/mol. The molecule has 2 heterocycles. The summed E-state index contributed by atoms with van der Waals surface area (Å²) in [4.78, 5) is 28.8. The van der Waals surface area contributed by atoms with E-state index < -0.39 is 5.60 Å². The van der Waals surface area contributed by atoms with Gasteiger partial charge in [0.2, 0.25) is 0 Å². The molecule has 2 saturated heterocycles. The van der Waals surface area contributed by atoms with Gasteiger partial charge in [-0.15, -0.1) is 0 Å². The first-order chi connectivity index (χ1) is 15.5. The molecule has 0 bridgehead atoms. The summed E-state index contributed by atoms with van der Waals surface area (Å²) in [5.74, 6) is 0.307. The Labute approximate surface area is 197 Å². The van der Waals surface area contributed by atoms with E-state index in [-0.39, 0.29) is 18.1 Å². The molecule has 7 heteroatoms. The monoisotopic (exact) mass is 457 g/mol. The van der Waals surface area contributed by atoms with Crippen LogP contribution in [-0.4, -0.2) is 73.3 Å². The molecule has 0 spiro atoms. The van der Waals surface area contributed by atoms with Crippen LogP contribution >= 0.6 is 0 Å². The zero-order valence-corrected chi connectivity index (χ0v) is 20.8. The number of carbonyl (C=O) groups is 2. The van der Waals surface area contributed by atoms with Crippen molar-refractivity contribution < 1.29 is 19.1 Å². The van der Waals surface area contributed by atoms with Crippen LogP contribution in [0.25, 0.3) is 12.8 Å². The van der Waals surface area contributed by atoms with Crippen LogP contribution in [0.4, 0.5) is 4.79 Å². The lowest BCUT2D eigenvalue weighted by Gasteiger charge is -2.41. The summed E-state index contributed by atoms with van der Waals surface area (Å²) < 4.78 is 11.1. The Morgan fingerprint density at radius 2 is 2.03 bits per heavy atom. The number of likely N-dealkylation sites (tertiary alicyclic amines) is 1. The van der Waals surface area contributed by atoms with Crippen molar-refractivity contribution in [3.05, 3.63) is 33.7 Å². The minimum Gasteiger partial charge on any atom is -0.444 e. The van der Waals surface area contributed by atoms with Gasteiger partial charge in [0.05, 0.1) is 6.10 Å². The molecule has 2 aliphatic heterocycles. The standard InChI is InChI=1S/C26H39N3O4/c1-18-11-19(2)23(24(30)27-13-22-9-7-8-10-32-22)12-21(18)17-28(6)14-20-15-29(16-20)25(31)33-26(3,4)5/h11-12,17,20,22H,1,7-10,13-16H2,2-6H3,(H,27,30)/b21-17-. The average Bonchev–Trinajstić information content (AvgIpc) is 2.70. The molecular weight excluding hydrogens is 418 g/mol. The van der Waals surface area contributed by atoms with E-state index >= 15 is 0 Å². The maximum absolute atomic E-state index is 12.8. The van der Waals surface area contributed by atoms with Crippen LogP contribution in [0, 0.1) is 12.8 Å². The van der Waals surface area contributed by atoms with Gasteiger partial charge in [-0.1, -0.05) is 12.6 Å². The molecule has 1 atom stereocenters. The number of nitrogens with zero attached hydrogens (tertiary/aromatic N) is 2. The van der Waals surface area contributed by atoms with Crippen molar-refractivity contribution in [2.24, 2.45) is 5.92 Å². The molecule has 1 unspecified atom stereocenters. The van der Waals surface area contributed by atoms with Crippen molar-refractivity contribution in [1.29, 1.82) is 0 Å². The van der Waals surface area contributed by atoms with Crippen LogP contribution in [-0.2, 0) is 9.47 Å². The van der Waals surface area contributed by atoms with E-state index in [9.17, 15) is 9.59 Å². The molecule has 7 nitrogen and oxygen atoms in total. The number of benzene rings is 1. The molecule has 3 rings (SSSR count). The van der Waals surface area contributed by atoms with Gasteiger partial charge in [-0.3, -0.25) is 4.79 Å². The van der Waals surface area contributed by atoms with Crippen LogP contribution in [0.1, 0.15) is 56.0 Å². The maximum atomic E-state index is 12.8. The maximum Gasteiger partial charge on any atom is 0.410 e. The molecule has 2 aliphatic rings. The molecule has 2 amide bonds. The van der Waals surface area contributed by atoms with Gasteiger partial charge >= 0.3 is 6.09 Å². The smallest absolute Gasteiger partial charge is 0.410 e. The first-order valence-corrected chi connectivity index (χ1v) is 11.9. The summed E-state index contributed by atoms with van der Waals surface area (Å²) in [6.07, 6.45) is 5.12. The van der Waals surface area contributed by atoms with Gasteiger partial charge in [0.1, 0.15) is 5.60 Å². The van der Waals surface area contributed by atoms with E-state index in [2.05, 4.69) is 16.8 Å². The Morgan fingerprint density at radius 1 is 1.30 bits per heavy atom. The molecule has 1 N–H and O–H groups in total. The van der Waals surface area contributed by atoms with E-state index in [1.807, 2.05) is 53.1 Å². The predicted octanol–water partition coefficient (Wildman–Crippen LogP) is 2.24. The van der Waals surface area contributed by atoms with Gasteiger partial charge in [-0.05, 0) is 69.0 Å². The lowest BCUT2D eigenvalue weighted by Crippen LogP contribution is -2.54. The molecular formula is C26H39N3O4. The number of aryl methyl sites for hydroxylation is 1. The third-order valence-corrected chi connectivity index (χ3v) is 6.01. The van der Waals surface area contributed by atoms with Crippen LogP contribution in [0.5, 0.6) is 0 Å². The van der Waals surface area contributed by atoms with Crippen molar-refractivity contribution in [3.63, 3.8) is 0 Å². The highest BCUT2D eigenvalue weighted by molar-refractivity contribution is 5.95. The van der Waals surface area contributed by atoms with E-state index in [0.717, 1.165) is 48.4 Å². The lowest BCUT2D eigenvalue weighted by molar-refractivity contribution is -0.00312. The van der Waals surface area contributed by atoms with Gasteiger partial charge in [-0.25, -0.2) is 4.79 Å². The van der Waals surface area contributed by atoms with E-state index in [4.69, 9.17) is 9.47 Å².